The summed E-state index contributed by atoms with van der Waals surface area (Å²) in [6.45, 7) is 1.94. The van der Waals surface area contributed by atoms with Crippen molar-refractivity contribution in [3.05, 3.63) is 88.4 Å². The van der Waals surface area contributed by atoms with Crippen molar-refractivity contribution in [2.24, 2.45) is 0 Å². The van der Waals surface area contributed by atoms with Crippen LogP contribution in [0.4, 0.5) is 11.4 Å². The minimum absolute atomic E-state index is 0.0513. The maximum Gasteiger partial charge on any atom is 0.255 e. The zero-order chi connectivity index (χ0) is 21.9. The van der Waals surface area contributed by atoms with Crippen molar-refractivity contribution < 1.29 is 18.0 Å². The first-order chi connectivity index (χ1) is 14.1. The molecule has 0 aliphatic rings. The molecule has 6 nitrogen and oxygen atoms in total. The lowest BCUT2D eigenvalue weighted by Crippen LogP contribution is -2.14. The number of carbonyl (C=O) groups is 2. The molecule has 0 saturated heterocycles. The molecule has 3 aromatic rings. The van der Waals surface area contributed by atoms with Gasteiger partial charge in [-0.3, -0.25) is 9.59 Å². The Morgan fingerprint density at radius 1 is 0.833 bits per heavy atom. The lowest BCUT2D eigenvalue weighted by atomic mass is 10.1. The molecule has 2 amide bonds. The lowest BCUT2D eigenvalue weighted by molar-refractivity contribution is 0.101. The largest absolute Gasteiger partial charge is 0.322 e. The maximum absolute atomic E-state index is 12.5. The van der Waals surface area contributed by atoms with Gasteiger partial charge in [-0.1, -0.05) is 35.4 Å². The summed E-state index contributed by atoms with van der Waals surface area (Å²) in [7, 11) is -3.43. The number of sulfone groups is 1. The maximum atomic E-state index is 12.5. The number of carbonyl (C=O) groups excluding carboxylic acids is 2. The number of aryl methyl sites for hydroxylation is 1. The summed E-state index contributed by atoms with van der Waals surface area (Å²) in [5.74, 6) is -0.778. The zero-order valence-electron chi connectivity index (χ0n) is 16.3. The first-order valence-corrected chi connectivity index (χ1v) is 11.2. The van der Waals surface area contributed by atoms with Crippen molar-refractivity contribution in [3.8, 4) is 0 Å². The van der Waals surface area contributed by atoms with Gasteiger partial charge >= 0.3 is 0 Å². The molecule has 154 valence electrons. The third-order valence-electron chi connectivity index (χ3n) is 4.31. The van der Waals surface area contributed by atoms with Crippen molar-refractivity contribution in [2.45, 2.75) is 11.8 Å². The highest BCUT2D eigenvalue weighted by Crippen LogP contribution is 2.26. The summed E-state index contributed by atoms with van der Waals surface area (Å²) in [6.07, 6.45) is 1.07. The summed E-state index contributed by atoms with van der Waals surface area (Å²) in [5, 5.41) is 5.62. The van der Waals surface area contributed by atoms with E-state index in [0.29, 0.717) is 16.9 Å². The molecule has 0 aromatic heterocycles. The van der Waals surface area contributed by atoms with E-state index in [1.54, 1.807) is 24.3 Å². The van der Waals surface area contributed by atoms with Gasteiger partial charge in [0.05, 0.1) is 15.6 Å². The molecule has 0 aliphatic carbocycles. The van der Waals surface area contributed by atoms with Gasteiger partial charge in [0.15, 0.2) is 9.84 Å². The minimum Gasteiger partial charge on any atom is -0.322 e. The van der Waals surface area contributed by atoms with Crippen LogP contribution in [0.2, 0.25) is 5.02 Å². The molecule has 0 bridgehead atoms. The van der Waals surface area contributed by atoms with Gasteiger partial charge in [0, 0.05) is 23.1 Å². The van der Waals surface area contributed by atoms with Crippen LogP contribution >= 0.6 is 11.6 Å². The first kappa shape index (κ1) is 21.5. The van der Waals surface area contributed by atoms with Gasteiger partial charge in [-0.25, -0.2) is 8.42 Å². The van der Waals surface area contributed by atoms with Gasteiger partial charge in [0.25, 0.3) is 11.8 Å². The summed E-state index contributed by atoms with van der Waals surface area (Å²) >= 11 is 6.25. The van der Waals surface area contributed by atoms with Crippen molar-refractivity contribution in [3.63, 3.8) is 0 Å². The quantitative estimate of drug-likeness (QED) is 0.606. The van der Waals surface area contributed by atoms with Crippen LogP contribution in [-0.2, 0) is 9.84 Å². The van der Waals surface area contributed by atoms with E-state index in [-0.39, 0.29) is 21.4 Å². The Balaban J connectivity index is 1.73. The predicted octanol–water partition coefficient (Wildman–Crippen LogP) is 4.56. The highest BCUT2D eigenvalue weighted by molar-refractivity contribution is 7.90. The van der Waals surface area contributed by atoms with E-state index in [1.165, 1.54) is 30.3 Å². The average molecular weight is 443 g/mol. The number of halogens is 1. The number of amides is 2. The second kappa shape index (κ2) is 8.69. The minimum atomic E-state index is -3.43. The van der Waals surface area contributed by atoms with Crippen LogP contribution in [0.15, 0.2) is 71.6 Å². The van der Waals surface area contributed by atoms with Crippen molar-refractivity contribution in [1.29, 1.82) is 0 Å². The highest BCUT2D eigenvalue weighted by Gasteiger charge is 2.14. The van der Waals surface area contributed by atoms with E-state index in [4.69, 9.17) is 11.6 Å². The Morgan fingerprint density at radius 2 is 1.50 bits per heavy atom. The summed E-state index contributed by atoms with van der Waals surface area (Å²) < 4.78 is 23.4. The summed E-state index contributed by atoms with van der Waals surface area (Å²) in [5.41, 5.74) is 2.56. The monoisotopic (exact) mass is 442 g/mol. The molecule has 0 fully saturated rings. The molecule has 0 aliphatic heterocycles. The number of nitrogens with one attached hydrogen (secondary N) is 2. The first-order valence-electron chi connectivity index (χ1n) is 8.92. The van der Waals surface area contributed by atoms with E-state index in [0.717, 1.165) is 11.8 Å². The second-order valence-corrected chi connectivity index (χ2v) is 9.19. The fourth-order valence-corrected chi connectivity index (χ4v) is 3.56. The van der Waals surface area contributed by atoms with Crippen LogP contribution in [0.25, 0.3) is 0 Å². The molecule has 30 heavy (non-hydrogen) atoms. The van der Waals surface area contributed by atoms with Gasteiger partial charge in [0.2, 0.25) is 0 Å². The van der Waals surface area contributed by atoms with Gasteiger partial charge < -0.3 is 10.6 Å². The molecule has 3 rings (SSSR count). The van der Waals surface area contributed by atoms with Crippen LogP contribution in [0.1, 0.15) is 26.3 Å². The Kier molecular flexibility index (Phi) is 6.24. The van der Waals surface area contributed by atoms with Gasteiger partial charge in [-0.2, -0.15) is 0 Å². The van der Waals surface area contributed by atoms with Crippen molar-refractivity contribution in [2.75, 3.05) is 16.9 Å². The smallest absolute Gasteiger partial charge is 0.255 e. The van der Waals surface area contributed by atoms with Gasteiger partial charge in [-0.15, -0.1) is 0 Å². The molecule has 8 heteroatoms. The molecule has 0 spiro atoms. The van der Waals surface area contributed by atoms with Crippen molar-refractivity contribution in [1.82, 2.24) is 0 Å². The predicted molar refractivity (Wildman–Crippen MR) is 118 cm³/mol. The molecular weight excluding hydrogens is 424 g/mol. The standard InChI is InChI=1S/C22H19ClN2O4S/c1-14-6-8-15(9-7-14)21(26)24-17-10-11-20(19(23)13-17)25-22(27)16-4-3-5-18(12-16)30(2,28)29/h3-13H,1-2H3,(H,24,26)(H,25,27). The number of rotatable bonds is 5. The van der Waals surface area contributed by atoms with E-state index < -0.39 is 15.7 Å². The highest BCUT2D eigenvalue weighted by atomic mass is 35.5. The zero-order valence-corrected chi connectivity index (χ0v) is 17.8. The van der Waals surface area contributed by atoms with Crippen LogP contribution in [0, 0.1) is 6.92 Å². The van der Waals surface area contributed by atoms with Crippen LogP contribution < -0.4 is 10.6 Å². The average Bonchev–Trinajstić information content (AvgIpc) is 2.70. The number of hydrogen-bond acceptors (Lipinski definition) is 4. The summed E-state index contributed by atoms with van der Waals surface area (Å²) in [4.78, 5) is 24.9. The molecule has 0 atom stereocenters. The Bertz CT molecular complexity index is 1220. The molecule has 3 aromatic carbocycles. The van der Waals surface area contributed by atoms with Crippen LogP contribution in [0.5, 0.6) is 0 Å². The Morgan fingerprint density at radius 3 is 2.13 bits per heavy atom. The molecule has 0 saturated carbocycles. The van der Waals surface area contributed by atoms with Gasteiger partial charge in [-0.05, 0) is 55.5 Å². The number of benzene rings is 3. The third kappa shape index (κ3) is 5.25. The summed E-state index contributed by atoms with van der Waals surface area (Å²) in [6, 6.07) is 17.6. The number of hydrogen-bond donors (Lipinski definition) is 2. The topological polar surface area (TPSA) is 92.3 Å². The SMILES string of the molecule is Cc1ccc(C(=O)Nc2ccc(NC(=O)c3cccc(S(C)(=O)=O)c3)c(Cl)c2)cc1. The fraction of sp³-hybridized carbons (Fsp3) is 0.0909. The normalized spacial score (nSPS) is 11.0. The molecule has 0 unspecified atom stereocenters. The fourth-order valence-electron chi connectivity index (χ4n) is 2.66. The van der Waals surface area contributed by atoms with Gasteiger partial charge in [0.1, 0.15) is 0 Å². The Labute approximate surface area is 179 Å². The van der Waals surface area contributed by atoms with E-state index >= 15 is 0 Å². The molecule has 0 radical (unpaired) electrons. The van der Waals surface area contributed by atoms with Crippen LogP contribution in [-0.4, -0.2) is 26.5 Å². The van der Waals surface area contributed by atoms with E-state index in [9.17, 15) is 18.0 Å². The van der Waals surface area contributed by atoms with Crippen LogP contribution in [0.3, 0.4) is 0 Å². The molecule has 0 heterocycles. The lowest BCUT2D eigenvalue weighted by Gasteiger charge is -2.11. The van der Waals surface area contributed by atoms with Crippen molar-refractivity contribution >= 4 is 44.6 Å². The Hall–Kier alpha value is -3.16. The third-order valence-corrected chi connectivity index (χ3v) is 5.74. The molecular formula is C22H19ClN2O4S. The van der Waals surface area contributed by atoms with E-state index in [1.807, 2.05) is 19.1 Å². The van der Waals surface area contributed by atoms with E-state index in [2.05, 4.69) is 10.6 Å². The molecule has 2 N–H and O–H groups in total. The second-order valence-electron chi connectivity index (χ2n) is 6.77. The number of anilines is 2.